The lowest BCUT2D eigenvalue weighted by atomic mass is 9.94. The van der Waals surface area contributed by atoms with Gasteiger partial charge in [0.25, 0.3) is 11.7 Å². The molecule has 3 rings (SSSR count). The second-order valence-corrected chi connectivity index (χ2v) is 8.71. The molecule has 6 nitrogen and oxygen atoms in total. The molecule has 174 valence electrons. The monoisotopic (exact) mass is 468 g/mol. The van der Waals surface area contributed by atoms with Crippen LogP contribution in [-0.4, -0.2) is 60.4 Å². The van der Waals surface area contributed by atoms with Crippen molar-refractivity contribution >= 4 is 29.1 Å². The normalized spacial score (nSPS) is 17.6. The molecular formula is C26H29ClN2O4. The smallest absolute Gasteiger partial charge is 0.295 e. The van der Waals surface area contributed by atoms with Crippen molar-refractivity contribution < 1.29 is 19.4 Å². The summed E-state index contributed by atoms with van der Waals surface area (Å²) in [4.78, 5) is 29.7. The molecule has 1 atom stereocenters. The third-order valence-electron chi connectivity index (χ3n) is 5.55. The number of carbonyl (C=O) groups excluding carboxylic acids is 2. The Bertz CT molecular complexity index is 1080. The number of rotatable bonds is 9. The molecule has 1 aliphatic rings. The number of aliphatic hydroxyl groups is 1. The van der Waals surface area contributed by atoms with E-state index < -0.39 is 17.7 Å². The Kier molecular flexibility index (Phi) is 7.95. The van der Waals surface area contributed by atoms with Gasteiger partial charge in [0.2, 0.25) is 0 Å². The first-order valence-corrected chi connectivity index (χ1v) is 11.2. The molecule has 2 aromatic carbocycles. The topological polar surface area (TPSA) is 70.1 Å². The Hall–Kier alpha value is -3.09. The van der Waals surface area contributed by atoms with Gasteiger partial charge >= 0.3 is 0 Å². The van der Waals surface area contributed by atoms with Gasteiger partial charge in [0.15, 0.2) is 0 Å². The maximum absolute atomic E-state index is 13.1. The van der Waals surface area contributed by atoms with Crippen molar-refractivity contribution in [2.75, 3.05) is 33.8 Å². The summed E-state index contributed by atoms with van der Waals surface area (Å²) in [6.07, 6.45) is 2.34. The molecule has 1 aliphatic heterocycles. The van der Waals surface area contributed by atoms with Gasteiger partial charge in [0.1, 0.15) is 18.1 Å². The fraction of sp³-hybridized carbons (Fsp3) is 0.308. The summed E-state index contributed by atoms with van der Waals surface area (Å²) < 4.78 is 5.56. The van der Waals surface area contributed by atoms with Crippen LogP contribution in [0.4, 0.5) is 0 Å². The van der Waals surface area contributed by atoms with Crippen LogP contribution in [0.2, 0.25) is 5.02 Å². The minimum absolute atomic E-state index is 0.0787. The van der Waals surface area contributed by atoms with Crippen molar-refractivity contribution in [1.82, 2.24) is 9.80 Å². The van der Waals surface area contributed by atoms with Crippen molar-refractivity contribution in [1.29, 1.82) is 0 Å². The van der Waals surface area contributed by atoms with E-state index in [2.05, 4.69) is 6.58 Å². The second kappa shape index (κ2) is 10.7. The van der Waals surface area contributed by atoms with Crippen molar-refractivity contribution in [2.24, 2.45) is 0 Å². The number of nitrogens with zero attached hydrogens (tertiary/aromatic N) is 2. The van der Waals surface area contributed by atoms with E-state index in [1.807, 2.05) is 25.9 Å². The second-order valence-electron chi connectivity index (χ2n) is 8.28. The average molecular weight is 469 g/mol. The molecule has 0 unspecified atom stereocenters. The van der Waals surface area contributed by atoms with Gasteiger partial charge in [-0.15, -0.1) is 0 Å². The van der Waals surface area contributed by atoms with Crippen molar-refractivity contribution in [2.45, 2.75) is 19.4 Å². The molecule has 7 heteroatoms. The number of hydrogen-bond donors (Lipinski definition) is 1. The van der Waals surface area contributed by atoms with Gasteiger partial charge in [-0.1, -0.05) is 36.4 Å². The highest BCUT2D eigenvalue weighted by atomic mass is 35.5. The van der Waals surface area contributed by atoms with Gasteiger partial charge in [-0.25, -0.2) is 0 Å². The van der Waals surface area contributed by atoms with Crippen LogP contribution < -0.4 is 4.74 Å². The van der Waals surface area contributed by atoms with Gasteiger partial charge < -0.3 is 19.6 Å². The zero-order chi connectivity index (χ0) is 24.1. The van der Waals surface area contributed by atoms with Gasteiger partial charge in [0, 0.05) is 17.1 Å². The molecule has 0 spiro atoms. The number of aliphatic hydroxyl groups excluding tert-OH is 1. The number of amides is 1. The van der Waals surface area contributed by atoms with E-state index in [9.17, 15) is 14.7 Å². The van der Waals surface area contributed by atoms with Crippen LogP contribution in [0.1, 0.15) is 29.2 Å². The summed E-state index contributed by atoms with van der Waals surface area (Å²) >= 11 is 6.06. The largest absolute Gasteiger partial charge is 0.507 e. The maximum Gasteiger partial charge on any atom is 0.295 e. The summed E-state index contributed by atoms with van der Waals surface area (Å²) in [5.41, 5.74) is 2.00. The number of ether oxygens (including phenoxy) is 1. The molecule has 0 bridgehead atoms. The maximum atomic E-state index is 13.1. The highest BCUT2D eigenvalue weighted by Gasteiger charge is 2.45. The van der Waals surface area contributed by atoms with Crippen LogP contribution >= 0.6 is 11.6 Å². The lowest BCUT2D eigenvalue weighted by Crippen LogP contribution is -2.32. The Balaban J connectivity index is 2.07. The number of Topliss-reactive ketones (excluding diaryl/α,β-unsaturated/α-hetero) is 1. The minimum Gasteiger partial charge on any atom is -0.507 e. The van der Waals surface area contributed by atoms with E-state index in [-0.39, 0.29) is 11.3 Å². The predicted molar refractivity (Wildman–Crippen MR) is 131 cm³/mol. The Labute approximate surface area is 199 Å². The molecule has 2 aromatic rings. The summed E-state index contributed by atoms with van der Waals surface area (Å²) in [5, 5.41) is 11.8. The minimum atomic E-state index is -0.694. The van der Waals surface area contributed by atoms with E-state index in [4.69, 9.17) is 16.3 Å². The first-order valence-electron chi connectivity index (χ1n) is 10.8. The number of likely N-dealkylation sites (tertiary alicyclic amines) is 1. The molecule has 1 saturated heterocycles. The number of ketones is 1. The number of aryl methyl sites for hydroxylation is 1. The number of halogens is 1. The molecule has 1 fully saturated rings. The van der Waals surface area contributed by atoms with E-state index >= 15 is 0 Å². The van der Waals surface area contributed by atoms with Crippen LogP contribution in [0.25, 0.3) is 5.76 Å². The first kappa shape index (κ1) is 24.6. The highest BCUT2D eigenvalue weighted by Crippen LogP contribution is 2.40. The van der Waals surface area contributed by atoms with Crippen LogP contribution in [0.5, 0.6) is 5.75 Å². The van der Waals surface area contributed by atoms with Crippen LogP contribution in [-0.2, 0) is 9.59 Å². The van der Waals surface area contributed by atoms with Gasteiger partial charge in [-0.05, 0) is 75.4 Å². The zero-order valence-electron chi connectivity index (χ0n) is 19.2. The van der Waals surface area contributed by atoms with E-state index in [0.717, 1.165) is 12.1 Å². The number of benzene rings is 2. The third-order valence-corrected chi connectivity index (χ3v) is 5.80. The van der Waals surface area contributed by atoms with Gasteiger partial charge in [-0.3, -0.25) is 9.59 Å². The zero-order valence-corrected chi connectivity index (χ0v) is 19.9. The molecule has 33 heavy (non-hydrogen) atoms. The SMILES string of the molecule is C=CCOc1ccc(C(O)=C2C(=O)C(=O)N(CCCN(C)C)[C@H]2c2ccc(Cl)cc2)c(C)c1. The lowest BCUT2D eigenvalue weighted by Gasteiger charge is -2.26. The molecule has 0 aliphatic carbocycles. The first-order chi connectivity index (χ1) is 15.7. The average Bonchev–Trinajstić information content (AvgIpc) is 3.02. The highest BCUT2D eigenvalue weighted by molar-refractivity contribution is 6.46. The molecule has 0 aromatic heterocycles. The quantitative estimate of drug-likeness (QED) is 0.252. The number of carbonyl (C=O) groups is 2. The standard InChI is InChI=1S/C26H29ClN2O4/c1-5-15-33-20-11-12-21(17(2)16-20)24(30)22-23(18-7-9-19(27)10-8-18)29(26(32)25(22)31)14-6-13-28(3)4/h5,7-12,16,23,30H,1,6,13-15H2,2-4H3/t23-/m0/s1. The molecule has 1 amide bonds. The molecule has 1 N–H and O–H groups in total. The molecule has 0 saturated carbocycles. The Morgan fingerprint density at radius 3 is 2.52 bits per heavy atom. The van der Waals surface area contributed by atoms with Gasteiger partial charge in [-0.2, -0.15) is 0 Å². The van der Waals surface area contributed by atoms with Crippen LogP contribution in [0.15, 0.2) is 60.7 Å². The fourth-order valence-electron chi connectivity index (χ4n) is 3.95. The molecular weight excluding hydrogens is 440 g/mol. The van der Waals surface area contributed by atoms with E-state index in [1.54, 1.807) is 48.5 Å². The third kappa shape index (κ3) is 5.46. The van der Waals surface area contributed by atoms with E-state index in [0.29, 0.717) is 41.5 Å². The summed E-state index contributed by atoms with van der Waals surface area (Å²) in [6.45, 7) is 6.97. The Morgan fingerprint density at radius 2 is 1.91 bits per heavy atom. The number of hydrogen-bond acceptors (Lipinski definition) is 5. The summed E-state index contributed by atoms with van der Waals surface area (Å²) in [6, 6.07) is 11.5. The van der Waals surface area contributed by atoms with Gasteiger partial charge in [0.05, 0.1) is 11.6 Å². The Morgan fingerprint density at radius 1 is 1.21 bits per heavy atom. The lowest BCUT2D eigenvalue weighted by molar-refractivity contribution is -0.139. The van der Waals surface area contributed by atoms with Crippen molar-refractivity contribution in [3.05, 3.63) is 82.4 Å². The van der Waals surface area contributed by atoms with Crippen molar-refractivity contribution in [3.8, 4) is 5.75 Å². The van der Waals surface area contributed by atoms with Crippen molar-refractivity contribution in [3.63, 3.8) is 0 Å². The molecule has 1 heterocycles. The summed E-state index contributed by atoms with van der Waals surface area (Å²) in [5.74, 6) is -0.874. The molecule has 0 radical (unpaired) electrons. The van der Waals surface area contributed by atoms with E-state index in [1.165, 1.54) is 4.90 Å². The predicted octanol–water partition coefficient (Wildman–Crippen LogP) is 4.59. The fourth-order valence-corrected chi connectivity index (χ4v) is 4.08. The summed E-state index contributed by atoms with van der Waals surface area (Å²) in [7, 11) is 3.91. The van der Waals surface area contributed by atoms with Crippen LogP contribution in [0, 0.1) is 6.92 Å². The van der Waals surface area contributed by atoms with Crippen LogP contribution in [0.3, 0.4) is 0 Å².